The van der Waals surface area contributed by atoms with Crippen LogP contribution < -0.4 is 5.73 Å². The van der Waals surface area contributed by atoms with Crippen LogP contribution in [0.2, 0.25) is 0 Å². The third-order valence-corrected chi connectivity index (χ3v) is 5.62. The maximum Gasteiger partial charge on any atom is 0.254 e. The second-order valence-corrected chi connectivity index (χ2v) is 7.48. The van der Waals surface area contributed by atoms with Gasteiger partial charge in [-0.05, 0) is 49.4 Å². The molecule has 2 fully saturated rings. The van der Waals surface area contributed by atoms with E-state index in [1.54, 1.807) is 4.90 Å². The Morgan fingerprint density at radius 1 is 0.963 bits per heavy atom. The number of para-hydroxylation sites is 1. The predicted molar refractivity (Wildman–Crippen MR) is 106 cm³/mol. The standard InChI is InChI=1S/C22H25N3O2/c23-21-4-2-1-3-20(21)16-5-7-17(8-6-16)22(27)25(18-9-10-18)19-11-13-24(15-26)14-12-19/h1-8,15,18-19H,9-14,23H2. The zero-order valence-electron chi connectivity index (χ0n) is 15.4. The molecular formula is C22H25N3O2. The summed E-state index contributed by atoms with van der Waals surface area (Å²) in [5.41, 5.74) is 9.52. The van der Waals surface area contributed by atoms with Crippen LogP contribution in [0.4, 0.5) is 5.69 Å². The molecule has 1 aliphatic heterocycles. The Labute approximate surface area is 159 Å². The van der Waals surface area contributed by atoms with Crippen LogP contribution in [0.25, 0.3) is 11.1 Å². The lowest BCUT2D eigenvalue weighted by Crippen LogP contribution is -2.48. The van der Waals surface area contributed by atoms with E-state index < -0.39 is 0 Å². The summed E-state index contributed by atoms with van der Waals surface area (Å²) < 4.78 is 0. The van der Waals surface area contributed by atoms with Gasteiger partial charge in [-0.25, -0.2) is 0 Å². The predicted octanol–water partition coefficient (Wildman–Crippen LogP) is 3.16. The van der Waals surface area contributed by atoms with Gasteiger partial charge in [-0.2, -0.15) is 0 Å². The summed E-state index contributed by atoms with van der Waals surface area (Å²) in [6.07, 6.45) is 4.79. The lowest BCUT2D eigenvalue weighted by Gasteiger charge is -2.37. The third kappa shape index (κ3) is 3.68. The van der Waals surface area contributed by atoms with E-state index in [2.05, 4.69) is 4.90 Å². The maximum absolute atomic E-state index is 13.2. The number of nitrogens with zero attached hydrogens (tertiary/aromatic N) is 2. The minimum absolute atomic E-state index is 0.106. The first-order valence-electron chi connectivity index (χ1n) is 9.64. The van der Waals surface area contributed by atoms with Crippen molar-refractivity contribution in [2.24, 2.45) is 0 Å². The van der Waals surface area contributed by atoms with Crippen LogP contribution in [0.5, 0.6) is 0 Å². The number of likely N-dealkylation sites (tertiary alicyclic amines) is 1. The summed E-state index contributed by atoms with van der Waals surface area (Å²) in [7, 11) is 0. The SMILES string of the molecule is Nc1ccccc1-c1ccc(C(=O)N(C2CC2)C2CCN(C=O)CC2)cc1. The maximum atomic E-state index is 13.2. The van der Waals surface area contributed by atoms with E-state index in [-0.39, 0.29) is 11.9 Å². The van der Waals surface area contributed by atoms with Gasteiger partial charge in [-0.3, -0.25) is 9.59 Å². The highest BCUT2D eigenvalue weighted by Crippen LogP contribution is 2.33. The van der Waals surface area contributed by atoms with Gasteiger partial charge in [-0.15, -0.1) is 0 Å². The fourth-order valence-corrected chi connectivity index (χ4v) is 3.95. The quantitative estimate of drug-likeness (QED) is 0.655. The van der Waals surface area contributed by atoms with Gasteiger partial charge in [0, 0.05) is 42.0 Å². The Morgan fingerprint density at radius 2 is 1.59 bits per heavy atom. The molecule has 5 heteroatoms. The van der Waals surface area contributed by atoms with Crippen LogP contribution in [0.3, 0.4) is 0 Å². The number of nitrogen functional groups attached to an aromatic ring is 1. The van der Waals surface area contributed by atoms with Gasteiger partial charge < -0.3 is 15.5 Å². The van der Waals surface area contributed by atoms with E-state index in [0.717, 1.165) is 67.6 Å². The monoisotopic (exact) mass is 363 g/mol. The molecule has 1 aliphatic carbocycles. The van der Waals surface area contributed by atoms with Gasteiger partial charge in [0.15, 0.2) is 0 Å². The average Bonchev–Trinajstić information content (AvgIpc) is 3.54. The second-order valence-electron chi connectivity index (χ2n) is 7.48. The first kappa shape index (κ1) is 17.6. The number of anilines is 1. The van der Waals surface area contributed by atoms with E-state index in [9.17, 15) is 9.59 Å². The van der Waals surface area contributed by atoms with Gasteiger partial charge in [-0.1, -0.05) is 30.3 Å². The smallest absolute Gasteiger partial charge is 0.254 e. The van der Waals surface area contributed by atoms with E-state index in [4.69, 9.17) is 5.73 Å². The van der Waals surface area contributed by atoms with Crippen LogP contribution in [-0.4, -0.2) is 47.3 Å². The molecule has 0 spiro atoms. The van der Waals surface area contributed by atoms with Gasteiger partial charge >= 0.3 is 0 Å². The first-order valence-corrected chi connectivity index (χ1v) is 9.64. The lowest BCUT2D eigenvalue weighted by atomic mass is 10.00. The molecule has 2 N–H and O–H groups in total. The summed E-state index contributed by atoms with van der Waals surface area (Å²) in [6, 6.07) is 16.1. The van der Waals surface area contributed by atoms with Gasteiger partial charge in [0.1, 0.15) is 0 Å². The van der Waals surface area contributed by atoms with Crippen molar-refractivity contribution in [1.82, 2.24) is 9.80 Å². The van der Waals surface area contributed by atoms with Gasteiger partial charge in [0.25, 0.3) is 5.91 Å². The number of hydrogen-bond acceptors (Lipinski definition) is 3. The van der Waals surface area contributed by atoms with E-state index in [1.165, 1.54) is 0 Å². The van der Waals surface area contributed by atoms with Crippen molar-refractivity contribution in [3.05, 3.63) is 54.1 Å². The van der Waals surface area contributed by atoms with Crippen molar-refractivity contribution in [1.29, 1.82) is 0 Å². The molecule has 140 valence electrons. The summed E-state index contributed by atoms with van der Waals surface area (Å²) in [4.78, 5) is 28.0. The zero-order valence-corrected chi connectivity index (χ0v) is 15.4. The molecule has 0 bridgehead atoms. The molecule has 1 saturated carbocycles. The van der Waals surface area contributed by atoms with Crippen LogP contribution in [0.1, 0.15) is 36.0 Å². The minimum atomic E-state index is 0.106. The highest BCUT2D eigenvalue weighted by molar-refractivity contribution is 5.95. The summed E-state index contributed by atoms with van der Waals surface area (Å²) in [6.45, 7) is 1.47. The van der Waals surface area contributed by atoms with Crippen LogP contribution in [0.15, 0.2) is 48.5 Å². The normalized spacial score (nSPS) is 17.6. The van der Waals surface area contributed by atoms with Gasteiger partial charge in [0.2, 0.25) is 6.41 Å². The molecule has 0 atom stereocenters. The fourth-order valence-electron chi connectivity index (χ4n) is 3.95. The first-order chi connectivity index (χ1) is 13.2. The van der Waals surface area contributed by atoms with E-state index in [0.29, 0.717) is 6.04 Å². The molecule has 27 heavy (non-hydrogen) atoms. The molecule has 2 aliphatic rings. The third-order valence-electron chi connectivity index (χ3n) is 5.62. The molecule has 2 aromatic rings. The molecular weight excluding hydrogens is 338 g/mol. The van der Waals surface area contributed by atoms with Crippen LogP contribution in [-0.2, 0) is 4.79 Å². The molecule has 4 rings (SSSR count). The highest BCUT2D eigenvalue weighted by atomic mass is 16.2. The van der Waals surface area contributed by atoms with Gasteiger partial charge in [0.05, 0.1) is 0 Å². The Balaban J connectivity index is 1.52. The molecule has 2 amide bonds. The number of piperidine rings is 1. The van der Waals surface area contributed by atoms with Crippen molar-refractivity contribution in [2.75, 3.05) is 18.8 Å². The largest absolute Gasteiger partial charge is 0.398 e. The highest BCUT2D eigenvalue weighted by Gasteiger charge is 2.38. The average molecular weight is 363 g/mol. The number of carbonyl (C=O) groups is 2. The summed E-state index contributed by atoms with van der Waals surface area (Å²) in [5, 5.41) is 0. The zero-order chi connectivity index (χ0) is 18.8. The Bertz CT molecular complexity index is 822. The van der Waals surface area contributed by atoms with Crippen molar-refractivity contribution in [3.8, 4) is 11.1 Å². The number of rotatable bonds is 5. The van der Waals surface area contributed by atoms with Crippen LogP contribution >= 0.6 is 0 Å². The van der Waals surface area contributed by atoms with Crippen molar-refractivity contribution >= 4 is 18.0 Å². The van der Waals surface area contributed by atoms with Crippen molar-refractivity contribution in [2.45, 2.75) is 37.8 Å². The summed E-state index contributed by atoms with van der Waals surface area (Å²) >= 11 is 0. The van der Waals surface area contributed by atoms with E-state index in [1.807, 2.05) is 48.5 Å². The molecule has 0 aromatic heterocycles. The Hall–Kier alpha value is -2.82. The lowest BCUT2D eigenvalue weighted by molar-refractivity contribution is -0.119. The molecule has 1 saturated heterocycles. The van der Waals surface area contributed by atoms with Crippen molar-refractivity contribution in [3.63, 3.8) is 0 Å². The fraction of sp³-hybridized carbons (Fsp3) is 0.364. The molecule has 0 unspecified atom stereocenters. The molecule has 2 aromatic carbocycles. The number of hydrogen-bond donors (Lipinski definition) is 1. The number of amides is 2. The Kier molecular flexibility index (Phi) is 4.84. The minimum Gasteiger partial charge on any atom is -0.398 e. The second kappa shape index (κ2) is 7.43. The van der Waals surface area contributed by atoms with Crippen LogP contribution in [0, 0.1) is 0 Å². The van der Waals surface area contributed by atoms with Crippen molar-refractivity contribution < 1.29 is 9.59 Å². The number of carbonyl (C=O) groups excluding carboxylic acids is 2. The summed E-state index contributed by atoms with van der Waals surface area (Å²) in [5.74, 6) is 0.106. The topological polar surface area (TPSA) is 66.6 Å². The molecule has 0 radical (unpaired) electrons. The van der Waals surface area contributed by atoms with E-state index >= 15 is 0 Å². The number of benzene rings is 2. The molecule has 5 nitrogen and oxygen atoms in total. The molecule has 1 heterocycles. The number of nitrogens with two attached hydrogens (primary N) is 1. The Morgan fingerprint density at radius 3 is 2.19 bits per heavy atom.